The summed E-state index contributed by atoms with van der Waals surface area (Å²) in [6.07, 6.45) is 4.16. The Morgan fingerprint density at radius 2 is 2.00 bits per heavy atom. The average molecular weight is 184 g/mol. The van der Waals surface area contributed by atoms with Crippen molar-refractivity contribution in [3.8, 4) is 0 Å². The fourth-order valence-electron chi connectivity index (χ4n) is 0.649. The summed E-state index contributed by atoms with van der Waals surface area (Å²) in [6.45, 7) is 4.64. The largest absolute Gasteiger partial charge is 0.392 e. The summed E-state index contributed by atoms with van der Waals surface area (Å²) >= 11 is 0. The molecule has 74 valence electrons. The normalized spacial score (nSPS) is 13.8. The van der Waals surface area contributed by atoms with Gasteiger partial charge in [-0.2, -0.15) is 0 Å². The molecule has 0 amide bonds. The third-order valence-electron chi connectivity index (χ3n) is 1.43. The maximum atomic E-state index is 11.2. The zero-order valence-electron chi connectivity index (χ0n) is 8.24. The molecule has 3 nitrogen and oxygen atoms in total. The van der Waals surface area contributed by atoms with Crippen LogP contribution in [-0.4, -0.2) is 28.2 Å². The molecule has 0 saturated carbocycles. The summed E-state index contributed by atoms with van der Waals surface area (Å²) in [5.41, 5.74) is -0.502. The molecule has 0 aromatic rings. The maximum absolute atomic E-state index is 11.2. The van der Waals surface area contributed by atoms with Crippen molar-refractivity contribution in [2.24, 2.45) is 0 Å². The van der Waals surface area contributed by atoms with Crippen molar-refractivity contribution >= 4 is 5.78 Å². The number of hydrogen-bond donors (Lipinski definition) is 2. The summed E-state index contributed by atoms with van der Waals surface area (Å²) in [5, 5.41) is 17.8. The molecule has 0 aliphatic rings. The maximum Gasteiger partial charge on any atom is 0.181 e. The number of aliphatic hydroxyl groups is 2. The minimum atomic E-state index is -0.977. The first-order valence-corrected chi connectivity index (χ1v) is 4.10. The molecule has 13 heavy (non-hydrogen) atoms. The van der Waals surface area contributed by atoms with Crippen molar-refractivity contribution in [1.29, 1.82) is 0 Å². The van der Waals surface area contributed by atoms with Gasteiger partial charge in [-0.25, -0.2) is 0 Å². The van der Waals surface area contributed by atoms with Crippen LogP contribution in [0.3, 0.4) is 0 Å². The number of aliphatic hydroxyl groups excluding tert-OH is 1. The van der Waals surface area contributed by atoms with E-state index in [0.717, 1.165) is 0 Å². The van der Waals surface area contributed by atoms with E-state index in [-0.39, 0.29) is 12.4 Å². The molecule has 0 saturated heterocycles. The SMILES string of the molecule is CC(=CCO)C(=O)C=CC(C)(C)O. The molecule has 0 unspecified atom stereocenters. The van der Waals surface area contributed by atoms with Crippen LogP contribution in [0, 0.1) is 0 Å². The van der Waals surface area contributed by atoms with Crippen LogP contribution in [0.4, 0.5) is 0 Å². The molecular weight excluding hydrogens is 168 g/mol. The molecule has 0 radical (unpaired) electrons. The van der Waals surface area contributed by atoms with Gasteiger partial charge in [0.2, 0.25) is 0 Å². The molecule has 0 aromatic carbocycles. The highest BCUT2D eigenvalue weighted by atomic mass is 16.3. The van der Waals surface area contributed by atoms with Crippen molar-refractivity contribution in [2.75, 3.05) is 6.61 Å². The highest BCUT2D eigenvalue weighted by Gasteiger charge is 2.07. The number of carbonyl (C=O) groups is 1. The van der Waals surface area contributed by atoms with Crippen molar-refractivity contribution in [2.45, 2.75) is 26.4 Å². The zero-order valence-corrected chi connectivity index (χ0v) is 8.24. The second-order valence-corrected chi connectivity index (χ2v) is 3.42. The second-order valence-electron chi connectivity index (χ2n) is 3.42. The van der Waals surface area contributed by atoms with Gasteiger partial charge in [-0.15, -0.1) is 0 Å². The van der Waals surface area contributed by atoms with E-state index >= 15 is 0 Å². The summed E-state index contributed by atoms with van der Waals surface area (Å²) in [5.74, 6) is -0.198. The lowest BCUT2D eigenvalue weighted by Crippen LogP contribution is -2.14. The van der Waals surface area contributed by atoms with Gasteiger partial charge in [0.25, 0.3) is 0 Å². The lowest BCUT2D eigenvalue weighted by molar-refractivity contribution is -0.111. The van der Waals surface area contributed by atoms with Crippen molar-refractivity contribution in [3.05, 3.63) is 23.8 Å². The van der Waals surface area contributed by atoms with Crippen molar-refractivity contribution < 1.29 is 15.0 Å². The van der Waals surface area contributed by atoms with Gasteiger partial charge >= 0.3 is 0 Å². The molecule has 0 heterocycles. The predicted octanol–water partition coefficient (Wildman–Crippen LogP) is 0.821. The Labute approximate surface area is 78.4 Å². The van der Waals surface area contributed by atoms with Crippen LogP contribution in [0.15, 0.2) is 23.8 Å². The Balaban J connectivity index is 4.32. The minimum Gasteiger partial charge on any atom is -0.392 e. The molecule has 0 spiro atoms. The smallest absolute Gasteiger partial charge is 0.181 e. The Bertz CT molecular complexity index is 231. The summed E-state index contributed by atoms with van der Waals surface area (Å²) < 4.78 is 0. The van der Waals surface area contributed by atoms with E-state index < -0.39 is 5.60 Å². The van der Waals surface area contributed by atoms with Crippen LogP contribution in [0.2, 0.25) is 0 Å². The van der Waals surface area contributed by atoms with Crippen molar-refractivity contribution in [3.63, 3.8) is 0 Å². The average Bonchev–Trinajstić information content (AvgIpc) is 1.99. The van der Waals surface area contributed by atoms with Gasteiger partial charge in [-0.3, -0.25) is 4.79 Å². The van der Waals surface area contributed by atoms with Crippen LogP contribution in [0.5, 0.6) is 0 Å². The Morgan fingerprint density at radius 1 is 1.46 bits per heavy atom. The molecule has 0 bridgehead atoms. The van der Waals surface area contributed by atoms with Gasteiger partial charge in [-0.1, -0.05) is 6.08 Å². The number of hydrogen-bond acceptors (Lipinski definition) is 3. The van der Waals surface area contributed by atoms with Gasteiger partial charge < -0.3 is 10.2 Å². The van der Waals surface area contributed by atoms with E-state index in [0.29, 0.717) is 5.57 Å². The molecule has 0 atom stereocenters. The topological polar surface area (TPSA) is 57.5 Å². The molecular formula is C10H16O3. The van der Waals surface area contributed by atoms with E-state index in [1.165, 1.54) is 18.2 Å². The minimum absolute atomic E-state index is 0.145. The Hall–Kier alpha value is -0.930. The Kier molecular flexibility index (Phi) is 4.59. The highest BCUT2D eigenvalue weighted by Crippen LogP contribution is 2.04. The molecule has 0 aliphatic carbocycles. The lowest BCUT2D eigenvalue weighted by atomic mass is 10.1. The molecule has 0 aliphatic heterocycles. The zero-order chi connectivity index (χ0) is 10.5. The molecule has 2 N–H and O–H groups in total. The van der Waals surface area contributed by atoms with E-state index in [1.54, 1.807) is 20.8 Å². The molecule has 3 heteroatoms. The van der Waals surface area contributed by atoms with Gasteiger partial charge in [-0.05, 0) is 38.5 Å². The number of allylic oxidation sites excluding steroid dienone is 2. The number of ketones is 1. The van der Waals surface area contributed by atoms with Crippen LogP contribution in [-0.2, 0) is 4.79 Å². The van der Waals surface area contributed by atoms with E-state index in [2.05, 4.69) is 0 Å². The first-order valence-electron chi connectivity index (χ1n) is 4.10. The summed E-state index contributed by atoms with van der Waals surface area (Å²) in [6, 6.07) is 0. The quantitative estimate of drug-likeness (QED) is 0.636. The van der Waals surface area contributed by atoms with E-state index in [4.69, 9.17) is 5.11 Å². The second kappa shape index (κ2) is 4.94. The highest BCUT2D eigenvalue weighted by molar-refractivity contribution is 6.03. The first-order chi connectivity index (χ1) is 5.87. The molecule has 0 rings (SSSR count). The van der Waals surface area contributed by atoms with E-state index in [9.17, 15) is 9.90 Å². The fraction of sp³-hybridized carbons (Fsp3) is 0.500. The molecule has 0 fully saturated rings. The van der Waals surface area contributed by atoms with Crippen molar-refractivity contribution in [1.82, 2.24) is 0 Å². The summed E-state index contributed by atoms with van der Waals surface area (Å²) in [7, 11) is 0. The third-order valence-corrected chi connectivity index (χ3v) is 1.43. The van der Waals surface area contributed by atoms with E-state index in [1.807, 2.05) is 0 Å². The number of rotatable bonds is 4. The van der Waals surface area contributed by atoms with Gasteiger partial charge in [0.1, 0.15) is 0 Å². The van der Waals surface area contributed by atoms with Gasteiger partial charge in [0.15, 0.2) is 5.78 Å². The fourth-order valence-corrected chi connectivity index (χ4v) is 0.649. The third kappa shape index (κ3) is 6.25. The monoisotopic (exact) mass is 184 g/mol. The summed E-state index contributed by atoms with van der Waals surface area (Å²) in [4.78, 5) is 11.2. The Morgan fingerprint density at radius 3 is 2.38 bits per heavy atom. The standard InChI is InChI=1S/C10H16O3/c1-8(5-7-11)9(12)4-6-10(2,3)13/h4-6,11,13H,7H2,1-3H3. The van der Waals surface area contributed by atoms with Crippen LogP contribution < -0.4 is 0 Å². The first kappa shape index (κ1) is 12.1. The lowest BCUT2D eigenvalue weighted by Gasteiger charge is -2.09. The number of carbonyl (C=O) groups excluding carboxylic acids is 1. The molecule has 0 aromatic heterocycles. The van der Waals surface area contributed by atoms with Gasteiger partial charge in [0, 0.05) is 0 Å². The van der Waals surface area contributed by atoms with Gasteiger partial charge in [0.05, 0.1) is 12.2 Å². The van der Waals surface area contributed by atoms with Crippen LogP contribution in [0.1, 0.15) is 20.8 Å². The van der Waals surface area contributed by atoms with Crippen LogP contribution in [0.25, 0.3) is 0 Å². The van der Waals surface area contributed by atoms with Crippen LogP contribution >= 0.6 is 0 Å². The predicted molar refractivity (Wildman–Crippen MR) is 51.3 cm³/mol.